The van der Waals surface area contributed by atoms with Crippen molar-refractivity contribution in [1.29, 1.82) is 0 Å². The van der Waals surface area contributed by atoms with Gasteiger partial charge < -0.3 is 4.90 Å². The number of carbonyl (C=O) groups is 1. The lowest BCUT2D eigenvalue weighted by Gasteiger charge is -2.26. The summed E-state index contributed by atoms with van der Waals surface area (Å²) in [5, 5.41) is 0. The van der Waals surface area contributed by atoms with Crippen molar-refractivity contribution in [3.63, 3.8) is 0 Å². The number of carbonyl (C=O) groups excluding carboxylic acids is 1. The zero-order chi connectivity index (χ0) is 14.4. The molecule has 110 valence electrons. The molecule has 1 aliphatic rings. The quantitative estimate of drug-likeness (QED) is 0.835. The third-order valence-electron chi connectivity index (χ3n) is 3.93. The third kappa shape index (κ3) is 3.38. The van der Waals surface area contributed by atoms with Crippen molar-refractivity contribution in [2.45, 2.75) is 32.7 Å². The molecular weight excluding hydrogens is 250 g/mol. The van der Waals surface area contributed by atoms with Gasteiger partial charge in [-0.1, -0.05) is 43.7 Å². The van der Waals surface area contributed by atoms with Crippen molar-refractivity contribution < 1.29 is 4.79 Å². The molecule has 0 aromatic heterocycles. The maximum atomic E-state index is 12.7. The first-order valence-corrected chi connectivity index (χ1v) is 7.60. The van der Waals surface area contributed by atoms with E-state index in [1.807, 2.05) is 23.1 Å². The van der Waals surface area contributed by atoms with Crippen molar-refractivity contribution in [2.75, 3.05) is 19.6 Å². The fourth-order valence-electron chi connectivity index (χ4n) is 2.71. The molecule has 2 rings (SSSR count). The number of nitrogens with one attached hydrogen (secondary N) is 2. The van der Waals surface area contributed by atoms with Gasteiger partial charge in [-0.2, -0.15) is 0 Å². The van der Waals surface area contributed by atoms with E-state index in [2.05, 4.69) is 36.8 Å². The number of hydrogen-bond acceptors (Lipinski definition) is 3. The van der Waals surface area contributed by atoms with Gasteiger partial charge >= 0.3 is 0 Å². The van der Waals surface area contributed by atoms with E-state index in [0.29, 0.717) is 6.54 Å². The average Bonchev–Trinajstić information content (AvgIpc) is 2.98. The Balaban J connectivity index is 2.08. The molecule has 0 bridgehead atoms. The summed E-state index contributed by atoms with van der Waals surface area (Å²) in [6.45, 7) is 6.56. The summed E-state index contributed by atoms with van der Waals surface area (Å²) in [5.41, 5.74) is 7.55. The highest BCUT2D eigenvalue weighted by Crippen LogP contribution is 2.26. The molecule has 1 aromatic carbocycles. The van der Waals surface area contributed by atoms with Gasteiger partial charge in [0.05, 0.1) is 12.0 Å². The Morgan fingerprint density at radius 3 is 2.70 bits per heavy atom. The number of hydrogen-bond donors (Lipinski definition) is 2. The molecule has 1 fully saturated rings. The molecule has 1 aromatic rings. The molecule has 4 heteroatoms. The maximum Gasteiger partial charge on any atom is 0.228 e. The van der Waals surface area contributed by atoms with Crippen LogP contribution in [-0.4, -0.2) is 30.4 Å². The van der Waals surface area contributed by atoms with Gasteiger partial charge in [-0.05, 0) is 18.9 Å². The van der Waals surface area contributed by atoms with Gasteiger partial charge in [0.15, 0.2) is 0 Å². The first kappa shape index (κ1) is 15.0. The topological polar surface area (TPSA) is 44.4 Å². The van der Waals surface area contributed by atoms with Crippen LogP contribution in [-0.2, 0) is 4.79 Å². The molecule has 0 spiro atoms. The Bertz CT molecular complexity index is 421. The van der Waals surface area contributed by atoms with E-state index in [9.17, 15) is 4.79 Å². The minimum atomic E-state index is -0.0193. The molecular formula is C16H25N3O. The second-order valence-corrected chi connectivity index (χ2v) is 5.29. The van der Waals surface area contributed by atoms with Crippen LogP contribution in [0.5, 0.6) is 0 Å². The van der Waals surface area contributed by atoms with E-state index in [1.165, 1.54) is 5.56 Å². The summed E-state index contributed by atoms with van der Waals surface area (Å²) in [6.07, 6.45) is 2.19. The second-order valence-electron chi connectivity index (χ2n) is 5.29. The summed E-state index contributed by atoms with van der Waals surface area (Å²) in [4.78, 5) is 14.7. The van der Waals surface area contributed by atoms with Gasteiger partial charge in [0.2, 0.25) is 5.91 Å². The highest BCUT2D eigenvalue weighted by Gasteiger charge is 2.35. The number of unbranched alkanes of at least 4 members (excludes halogenated alkanes) is 1. The first-order valence-electron chi connectivity index (χ1n) is 7.60. The van der Waals surface area contributed by atoms with Crippen LogP contribution >= 0.6 is 0 Å². The van der Waals surface area contributed by atoms with Gasteiger partial charge in [0.1, 0.15) is 0 Å². The molecule has 0 saturated carbocycles. The molecule has 20 heavy (non-hydrogen) atoms. The third-order valence-corrected chi connectivity index (χ3v) is 3.93. The predicted octanol–water partition coefficient (Wildman–Crippen LogP) is 2.10. The van der Waals surface area contributed by atoms with Gasteiger partial charge in [-0.3, -0.25) is 10.2 Å². The normalized spacial score (nSPS) is 21.9. The van der Waals surface area contributed by atoms with Gasteiger partial charge in [0, 0.05) is 19.6 Å². The Morgan fingerprint density at radius 2 is 2.05 bits per heavy atom. The maximum absolute atomic E-state index is 12.7. The zero-order valence-corrected chi connectivity index (χ0v) is 12.4. The van der Waals surface area contributed by atoms with Gasteiger partial charge in [-0.15, -0.1) is 0 Å². The van der Waals surface area contributed by atoms with Crippen molar-refractivity contribution in [1.82, 2.24) is 15.8 Å². The van der Waals surface area contributed by atoms with E-state index in [1.54, 1.807) is 0 Å². The molecule has 1 heterocycles. The fourth-order valence-corrected chi connectivity index (χ4v) is 2.71. The molecule has 2 N–H and O–H groups in total. The second kappa shape index (κ2) is 7.41. The monoisotopic (exact) mass is 275 g/mol. The number of benzene rings is 1. The molecule has 1 amide bonds. The molecule has 1 saturated heterocycles. The molecule has 0 aliphatic carbocycles. The van der Waals surface area contributed by atoms with Crippen molar-refractivity contribution in [3.8, 4) is 0 Å². The Morgan fingerprint density at radius 1 is 1.30 bits per heavy atom. The standard InChI is InChI=1S/C16H25N3O/c1-3-5-11-19(4-2)16(20)14-12-17-18-15(14)13-9-7-6-8-10-13/h6-10,14-15,17-18H,3-5,11-12H2,1-2H3. The summed E-state index contributed by atoms with van der Waals surface area (Å²) in [5.74, 6) is 0.238. The van der Waals surface area contributed by atoms with E-state index in [4.69, 9.17) is 0 Å². The molecule has 2 atom stereocenters. The van der Waals surface area contributed by atoms with Crippen molar-refractivity contribution in [3.05, 3.63) is 35.9 Å². The van der Waals surface area contributed by atoms with Crippen molar-refractivity contribution in [2.24, 2.45) is 5.92 Å². The largest absolute Gasteiger partial charge is 0.343 e. The molecule has 2 unspecified atom stereocenters. The number of hydrazine groups is 1. The van der Waals surface area contributed by atoms with E-state index < -0.39 is 0 Å². The highest BCUT2D eigenvalue weighted by atomic mass is 16.2. The van der Waals surface area contributed by atoms with Crippen LogP contribution in [0.15, 0.2) is 30.3 Å². The Kier molecular flexibility index (Phi) is 5.56. The summed E-state index contributed by atoms with van der Waals surface area (Å²) < 4.78 is 0. The van der Waals surface area contributed by atoms with E-state index in [0.717, 1.165) is 25.9 Å². The number of amides is 1. The Labute approximate surface area is 121 Å². The van der Waals surface area contributed by atoms with Crippen LogP contribution in [0.25, 0.3) is 0 Å². The average molecular weight is 275 g/mol. The van der Waals surface area contributed by atoms with Crippen LogP contribution in [0.3, 0.4) is 0 Å². The molecule has 4 nitrogen and oxygen atoms in total. The van der Waals surface area contributed by atoms with Crippen LogP contribution in [0.4, 0.5) is 0 Å². The van der Waals surface area contributed by atoms with Crippen LogP contribution in [0.2, 0.25) is 0 Å². The molecule has 1 aliphatic heterocycles. The number of nitrogens with zero attached hydrogens (tertiary/aromatic N) is 1. The van der Waals surface area contributed by atoms with E-state index >= 15 is 0 Å². The van der Waals surface area contributed by atoms with Crippen LogP contribution in [0.1, 0.15) is 38.3 Å². The highest BCUT2D eigenvalue weighted by molar-refractivity contribution is 5.80. The Hall–Kier alpha value is -1.39. The number of rotatable bonds is 6. The van der Waals surface area contributed by atoms with Crippen LogP contribution in [0, 0.1) is 5.92 Å². The zero-order valence-electron chi connectivity index (χ0n) is 12.4. The minimum absolute atomic E-state index is 0.0193. The summed E-state index contributed by atoms with van der Waals surface area (Å²) in [7, 11) is 0. The lowest BCUT2D eigenvalue weighted by atomic mass is 9.93. The summed E-state index contributed by atoms with van der Waals surface area (Å²) >= 11 is 0. The lowest BCUT2D eigenvalue weighted by molar-refractivity contribution is -0.135. The lowest BCUT2D eigenvalue weighted by Crippen LogP contribution is -2.39. The van der Waals surface area contributed by atoms with Crippen LogP contribution < -0.4 is 10.9 Å². The minimum Gasteiger partial charge on any atom is -0.343 e. The van der Waals surface area contributed by atoms with E-state index in [-0.39, 0.29) is 17.9 Å². The molecule has 0 radical (unpaired) electrons. The predicted molar refractivity (Wildman–Crippen MR) is 81.0 cm³/mol. The SMILES string of the molecule is CCCCN(CC)C(=O)C1CNNC1c1ccccc1. The van der Waals surface area contributed by atoms with Gasteiger partial charge in [0.25, 0.3) is 0 Å². The smallest absolute Gasteiger partial charge is 0.228 e. The fraction of sp³-hybridized carbons (Fsp3) is 0.562. The first-order chi connectivity index (χ1) is 9.77. The van der Waals surface area contributed by atoms with Crippen molar-refractivity contribution >= 4 is 5.91 Å². The summed E-state index contributed by atoms with van der Waals surface area (Å²) in [6, 6.07) is 10.3. The van der Waals surface area contributed by atoms with Gasteiger partial charge in [-0.25, -0.2) is 5.43 Å².